The third kappa shape index (κ3) is 3.18. The van der Waals surface area contributed by atoms with Gasteiger partial charge < -0.3 is 10.0 Å². The van der Waals surface area contributed by atoms with Crippen molar-refractivity contribution in [3.63, 3.8) is 0 Å². The first-order chi connectivity index (χ1) is 13.7. The number of rotatable bonds is 4. The average Bonchev–Trinajstić information content (AvgIpc) is 3.01. The van der Waals surface area contributed by atoms with Crippen molar-refractivity contribution in [2.24, 2.45) is 5.92 Å². The zero-order valence-corrected chi connectivity index (χ0v) is 16.1. The van der Waals surface area contributed by atoms with E-state index in [0.717, 1.165) is 62.4 Å². The number of aliphatic hydroxyl groups is 1. The van der Waals surface area contributed by atoms with Gasteiger partial charge in [0.2, 0.25) is 5.95 Å². The molecule has 0 spiro atoms. The molecule has 3 aliphatic heterocycles. The molecule has 0 saturated carbocycles. The lowest BCUT2D eigenvalue weighted by Crippen LogP contribution is -2.40. The second-order valence-corrected chi connectivity index (χ2v) is 8.42. The van der Waals surface area contributed by atoms with Crippen LogP contribution < -0.4 is 4.90 Å². The first-order valence-electron chi connectivity index (χ1n) is 10.4. The second kappa shape index (κ2) is 7.41. The SMILES string of the molecule is OCC1CCCN(c2ncc3c(n2)CC2CCC3N2Cc2ccccc2F)C1. The van der Waals surface area contributed by atoms with Crippen LogP contribution in [0.5, 0.6) is 0 Å². The highest BCUT2D eigenvalue weighted by Crippen LogP contribution is 2.44. The lowest BCUT2D eigenvalue weighted by atomic mass is 9.98. The van der Waals surface area contributed by atoms with Crippen molar-refractivity contribution in [2.75, 3.05) is 24.6 Å². The molecule has 1 N–H and O–H groups in total. The van der Waals surface area contributed by atoms with Crippen LogP contribution in [-0.4, -0.2) is 45.7 Å². The minimum atomic E-state index is -0.122. The van der Waals surface area contributed by atoms with Gasteiger partial charge in [0.05, 0.1) is 5.69 Å². The van der Waals surface area contributed by atoms with Crippen molar-refractivity contribution in [3.05, 3.63) is 53.1 Å². The lowest BCUT2D eigenvalue weighted by Gasteiger charge is -2.37. The van der Waals surface area contributed by atoms with Gasteiger partial charge in [-0.15, -0.1) is 0 Å². The molecule has 3 unspecified atom stereocenters. The van der Waals surface area contributed by atoms with E-state index in [1.807, 2.05) is 18.3 Å². The van der Waals surface area contributed by atoms with Gasteiger partial charge in [0.15, 0.2) is 0 Å². The molecule has 28 heavy (non-hydrogen) atoms. The van der Waals surface area contributed by atoms with Crippen molar-refractivity contribution in [1.29, 1.82) is 0 Å². The fraction of sp³-hybridized carbons (Fsp3) is 0.545. The van der Waals surface area contributed by atoms with Gasteiger partial charge in [0.1, 0.15) is 5.82 Å². The van der Waals surface area contributed by atoms with Crippen LogP contribution in [0.3, 0.4) is 0 Å². The standard InChI is InChI=1S/C22H27FN4O/c23-19-6-2-1-5-16(19)13-27-17-7-8-21(27)18-11-24-22(25-20(18)10-17)26-9-3-4-15(12-26)14-28/h1-2,5-6,11,15,17,21,28H,3-4,7-10,12-14H2. The molecule has 1 aromatic heterocycles. The van der Waals surface area contributed by atoms with Gasteiger partial charge in [-0.2, -0.15) is 0 Å². The maximum Gasteiger partial charge on any atom is 0.225 e. The van der Waals surface area contributed by atoms with Gasteiger partial charge in [0, 0.05) is 62.1 Å². The van der Waals surface area contributed by atoms with Gasteiger partial charge >= 0.3 is 0 Å². The van der Waals surface area contributed by atoms with Crippen molar-refractivity contribution in [2.45, 2.75) is 50.7 Å². The Morgan fingerprint density at radius 2 is 2.07 bits per heavy atom. The molecule has 3 aliphatic rings. The molecule has 2 aromatic rings. The number of aliphatic hydroxyl groups excluding tert-OH is 1. The van der Waals surface area contributed by atoms with Gasteiger partial charge in [0.25, 0.3) is 0 Å². The van der Waals surface area contributed by atoms with Crippen LogP contribution in [0, 0.1) is 11.7 Å². The smallest absolute Gasteiger partial charge is 0.225 e. The molecule has 3 atom stereocenters. The molecule has 2 saturated heterocycles. The minimum Gasteiger partial charge on any atom is -0.396 e. The topological polar surface area (TPSA) is 52.5 Å². The van der Waals surface area contributed by atoms with Crippen LogP contribution in [0.25, 0.3) is 0 Å². The third-order valence-corrected chi connectivity index (χ3v) is 6.69. The first-order valence-corrected chi connectivity index (χ1v) is 10.4. The van der Waals surface area contributed by atoms with E-state index in [0.29, 0.717) is 18.5 Å². The minimum absolute atomic E-state index is 0.122. The van der Waals surface area contributed by atoms with E-state index in [4.69, 9.17) is 9.97 Å². The summed E-state index contributed by atoms with van der Waals surface area (Å²) in [6, 6.07) is 7.79. The number of fused-ring (bicyclic) bond motifs is 4. The van der Waals surface area contributed by atoms with E-state index in [2.05, 4.69) is 9.80 Å². The number of hydrogen-bond acceptors (Lipinski definition) is 5. The van der Waals surface area contributed by atoms with Gasteiger partial charge in [-0.1, -0.05) is 18.2 Å². The fourth-order valence-electron chi connectivity index (χ4n) is 5.18. The number of anilines is 1. The molecule has 148 valence electrons. The number of nitrogens with zero attached hydrogens (tertiary/aromatic N) is 4. The van der Waals surface area contributed by atoms with Crippen molar-refractivity contribution in [3.8, 4) is 0 Å². The first kappa shape index (κ1) is 18.0. The van der Waals surface area contributed by atoms with Crippen molar-refractivity contribution >= 4 is 5.95 Å². The second-order valence-electron chi connectivity index (χ2n) is 8.42. The van der Waals surface area contributed by atoms with E-state index in [9.17, 15) is 9.50 Å². The molecule has 0 amide bonds. The largest absolute Gasteiger partial charge is 0.396 e. The molecule has 6 heteroatoms. The zero-order valence-electron chi connectivity index (χ0n) is 16.1. The highest BCUT2D eigenvalue weighted by atomic mass is 19.1. The van der Waals surface area contributed by atoms with Crippen molar-refractivity contribution < 1.29 is 9.50 Å². The van der Waals surface area contributed by atoms with Crippen LogP contribution in [0.4, 0.5) is 10.3 Å². The molecule has 0 aliphatic carbocycles. The molecule has 2 bridgehead atoms. The molecular weight excluding hydrogens is 355 g/mol. The molecule has 4 heterocycles. The average molecular weight is 382 g/mol. The van der Waals surface area contributed by atoms with E-state index in [1.54, 1.807) is 12.1 Å². The third-order valence-electron chi connectivity index (χ3n) is 6.69. The Morgan fingerprint density at radius 1 is 1.18 bits per heavy atom. The number of piperidine rings is 1. The lowest BCUT2D eigenvalue weighted by molar-refractivity contribution is 0.164. The fourth-order valence-corrected chi connectivity index (χ4v) is 5.18. The van der Waals surface area contributed by atoms with E-state index >= 15 is 0 Å². The van der Waals surface area contributed by atoms with E-state index in [-0.39, 0.29) is 18.5 Å². The Morgan fingerprint density at radius 3 is 2.93 bits per heavy atom. The molecule has 1 aromatic carbocycles. The Balaban J connectivity index is 1.38. The summed E-state index contributed by atoms with van der Waals surface area (Å²) in [6.07, 6.45) is 7.28. The Kier molecular flexibility index (Phi) is 4.77. The molecular formula is C22H27FN4O. The predicted molar refractivity (Wildman–Crippen MR) is 105 cm³/mol. The molecule has 2 fully saturated rings. The number of benzene rings is 1. The molecule has 5 nitrogen and oxygen atoms in total. The summed E-state index contributed by atoms with van der Waals surface area (Å²) >= 11 is 0. The van der Waals surface area contributed by atoms with E-state index in [1.165, 1.54) is 5.56 Å². The quantitative estimate of drug-likeness (QED) is 0.881. The number of halogens is 1. The number of aromatic nitrogens is 2. The monoisotopic (exact) mass is 382 g/mol. The summed E-state index contributed by atoms with van der Waals surface area (Å²) in [5.74, 6) is 1.00. The predicted octanol–water partition coefficient (Wildman–Crippen LogP) is 3.09. The normalized spacial score (nSPS) is 27.1. The Hall–Kier alpha value is -2.05. The Labute approximate surface area is 165 Å². The number of hydrogen-bond donors (Lipinski definition) is 1. The maximum atomic E-state index is 14.2. The zero-order chi connectivity index (χ0) is 19.1. The summed E-state index contributed by atoms with van der Waals surface area (Å²) in [5, 5.41) is 9.50. The van der Waals surface area contributed by atoms with Gasteiger partial charge in [-0.3, -0.25) is 4.90 Å². The highest BCUT2D eigenvalue weighted by molar-refractivity contribution is 5.38. The summed E-state index contributed by atoms with van der Waals surface area (Å²) < 4.78 is 14.2. The van der Waals surface area contributed by atoms with Crippen LogP contribution in [0.2, 0.25) is 0 Å². The molecule has 0 radical (unpaired) electrons. The summed E-state index contributed by atoms with van der Waals surface area (Å²) in [6.45, 7) is 2.67. The summed E-state index contributed by atoms with van der Waals surface area (Å²) in [4.78, 5) is 14.3. The maximum absolute atomic E-state index is 14.2. The summed E-state index contributed by atoms with van der Waals surface area (Å²) in [7, 11) is 0. The van der Waals surface area contributed by atoms with Crippen LogP contribution in [0.15, 0.2) is 30.5 Å². The van der Waals surface area contributed by atoms with Crippen LogP contribution in [0.1, 0.15) is 48.5 Å². The highest BCUT2D eigenvalue weighted by Gasteiger charge is 2.41. The summed E-state index contributed by atoms with van der Waals surface area (Å²) in [5.41, 5.74) is 3.14. The van der Waals surface area contributed by atoms with E-state index < -0.39 is 0 Å². The Bertz CT molecular complexity index is 860. The van der Waals surface area contributed by atoms with Crippen LogP contribution in [-0.2, 0) is 13.0 Å². The molecule has 5 rings (SSSR count). The van der Waals surface area contributed by atoms with Gasteiger partial charge in [-0.05, 0) is 37.7 Å². The van der Waals surface area contributed by atoms with Crippen molar-refractivity contribution in [1.82, 2.24) is 14.9 Å². The van der Waals surface area contributed by atoms with Gasteiger partial charge in [-0.25, -0.2) is 14.4 Å². The van der Waals surface area contributed by atoms with Crippen LogP contribution >= 0.6 is 0 Å².